The van der Waals surface area contributed by atoms with Crippen molar-refractivity contribution in [1.29, 1.82) is 0 Å². The van der Waals surface area contributed by atoms with E-state index in [4.69, 9.17) is 0 Å². The number of halogens is 1. The minimum atomic E-state index is -0.310. The van der Waals surface area contributed by atoms with E-state index in [1.54, 1.807) is 37.7 Å². The fourth-order valence-corrected chi connectivity index (χ4v) is 2.20. The molecular weight excluding hydrogens is 285 g/mol. The Bertz CT molecular complexity index is 659. The molecule has 1 aromatic heterocycles. The van der Waals surface area contributed by atoms with Gasteiger partial charge < -0.3 is 10.6 Å². The molecule has 0 radical (unpaired) electrons. The standard InChI is InChI=1S/C15H20FN5O/c1-9-5-12(6-10(2)14(9)16)11(3)20-15(22)17-7-13-18-8-19-21(13)4/h5-6,8,11H,7H2,1-4H3,(H2,17,20,22). The molecule has 0 fully saturated rings. The Hall–Kier alpha value is -2.44. The summed E-state index contributed by atoms with van der Waals surface area (Å²) in [5.41, 5.74) is 2.01. The maximum Gasteiger partial charge on any atom is 0.315 e. The van der Waals surface area contributed by atoms with Crippen molar-refractivity contribution in [3.8, 4) is 0 Å². The summed E-state index contributed by atoms with van der Waals surface area (Å²) < 4.78 is 15.2. The second-order valence-corrected chi connectivity index (χ2v) is 5.32. The predicted octanol–water partition coefficient (Wildman–Crippen LogP) is 2.13. The van der Waals surface area contributed by atoms with Crippen LogP contribution in [-0.4, -0.2) is 20.8 Å². The third-order valence-electron chi connectivity index (χ3n) is 3.52. The molecule has 2 N–H and O–H groups in total. The van der Waals surface area contributed by atoms with Gasteiger partial charge in [-0.15, -0.1) is 0 Å². The van der Waals surface area contributed by atoms with Gasteiger partial charge in [-0.05, 0) is 37.5 Å². The van der Waals surface area contributed by atoms with Crippen LogP contribution in [0.2, 0.25) is 0 Å². The number of benzene rings is 1. The minimum absolute atomic E-state index is 0.206. The van der Waals surface area contributed by atoms with Gasteiger partial charge in [-0.2, -0.15) is 5.10 Å². The SMILES string of the molecule is Cc1cc(C(C)NC(=O)NCc2ncnn2C)cc(C)c1F. The lowest BCUT2D eigenvalue weighted by atomic mass is 10.0. The number of aromatic nitrogens is 3. The zero-order chi connectivity index (χ0) is 16.3. The van der Waals surface area contributed by atoms with Crippen molar-refractivity contribution in [3.63, 3.8) is 0 Å². The Morgan fingerprint density at radius 1 is 1.36 bits per heavy atom. The summed E-state index contributed by atoms with van der Waals surface area (Å²) in [6.07, 6.45) is 1.43. The molecule has 0 saturated carbocycles. The largest absolute Gasteiger partial charge is 0.332 e. The maximum atomic E-state index is 13.6. The van der Waals surface area contributed by atoms with Crippen molar-refractivity contribution in [1.82, 2.24) is 25.4 Å². The fraction of sp³-hybridized carbons (Fsp3) is 0.400. The molecular formula is C15H20FN5O. The number of urea groups is 1. The summed E-state index contributed by atoms with van der Waals surface area (Å²) in [5, 5.41) is 9.47. The van der Waals surface area contributed by atoms with Crippen LogP contribution in [0.4, 0.5) is 9.18 Å². The number of nitrogens with one attached hydrogen (secondary N) is 2. The number of carbonyl (C=O) groups excluding carboxylic acids is 1. The molecule has 0 spiro atoms. The van der Waals surface area contributed by atoms with Crippen molar-refractivity contribution in [2.24, 2.45) is 7.05 Å². The van der Waals surface area contributed by atoms with Gasteiger partial charge in [0.05, 0.1) is 12.6 Å². The summed E-state index contributed by atoms with van der Waals surface area (Å²) in [5.74, 6) is 0.457. The number of aryl methyl sites for hydroxylation is 3. The van der Waals surface area contributed by atoms with Gasteiger partial charge in [0.25, 0.3) is 0 Å². The lowest BCUT2D eigenvalue weighted by molar-refractivity contribution is 0.237. The molecule has 118 valence electrons. The topological polar surface area (TPSA) is 71.8 Å². The number of amides is 2. The highest BCUT2D eigenvalue weighted by atomic mass is 19.1. The van der Waals surface area contributed by atoms with Crippen LogP contribution in [-0.2, 0) is 13.6 Å². The minimum Gasteiger partial charge on any atom is -0.332 e. The van der Waals surface area contributed by atoms with Crippen LogP contribution in [0.25, 0.3) is 0 Å². The van der Waals surface area contributed by atoms with Gasteiger partial charge in [-0.1, -0.05) is 12.1 Å². The van der Waals surface area contributed by atoms with E-state index in [1.165, 1.54) is 6.33 Å². The molecule has 1 atom stereocenters. The van der Waals surface area contributed by atoms with Gasteiger partial charge in [0, 0.05) is 7.05 Å². The second-order valence-electron chi connectivity index (χ2n) is 5.32. The highest BCUT2D eigenvalue weighted by Gasteiger charge is 2.13. The molecule has 0 aliphatic carbocycles. The number of nitrogens with zero attached hydrogens (tertiary/aromatic N) is 3. The van der Waals surface area contributed by atoms with E-state index < -0.39 is 0 Å². The first kappa shape index (κ1) is 15.9. The molecule has 2 amide bonds. The third-order valence-corrected chi connectivity index (χ3v) is 3.52. The molecule has 6 nitrogen and oxygen atoms in total. The Balaban J connectivity index is 1.95. The average Bonchev–Trinajstić information content (AvgIpc) is 2.87. The molecule has 0 bridgehead atoms. The monoisotopic (exact) mass is 305 g/mol. The van der Waals surface area contributed by atoms with E-state index in [0.717, 1.165) is 5.56 Å². The highest BCUT2D eigenvalue weighted by molar-refractivity contribution is 5.74. The van der Waals surface area contributed by atoms with Gasteiger partial charge in [0.1, 0.15) is 18.0 Å². The van der Waals surface area contributed by atoms with E-state index >= 15 is 0 Å². The molecule has 2 rings (SSSR count). The maximum absolute atomic E-state index is 13.6. The van der Waals surface area contributed by atoms with Crippen molar-refractivity contribution in [2.45, 2.75) is 33.4 Å². The van der Waals surface area contributed by atoms with E-state index in [-0.39, 0.29) is 24.4 Å². The number of hydrogen-bond donors (Lipinski definition) is 2. The summed E-state index contributed by atoms with van der Waals surface area (Å²) in [6.45, 7) is 5.57. The van der Waals surface area contributed by atoms with Crippen molar-refractivity contribution >= 4 is 6.03 Å². The lowest BCUT2D eigenvalue weighted by Crippen LogP contribution is -2.37. The fourth-order valence-electron chi connectivity index (χ4n) is 2.20. The average molecular weight is 305 g/mol. The predicted molar refractivity (Wildman–Crippen MR) is 80.7 cm³/mol. The van der Waals surface area contributed by atoms with Gasteiger partial charge in [-0.3, -0.25) is 4.68 Å². The lowest BCUT2D eigenvalue weighted by Gasteiger charge is -2.16. The smallest absolute Gasteiger partial charge is 0.315 e. The molecule has 1 heterocycles. The number of rotatable bonds is 4. The number of hydrogen-bond acceptors (Lipinski definition) is 3. The quantitative estimate of drug-likeness (QED) is 0.909. The molecule has 22 heavy (non-hydrogen) atoms. The van der Waals surface area contributed by atoms with Gasteiger partial charge in [-0.25, -0.2) is 14.2 Å². The first-order chi connectivity index (χ1) is 10.4. The van der Waals surface area contributed by atoms with E-state index in [9.17, 15) is 9.18 Å². The van der Waals surface area contributed by atoms with Gasteiger partial charge in [0.2, 0.25) is 0 Å². The van der Waals surface area contributed by atoms with E-state index in [1.807, 2.05) is 6.92 Å². The third kappa shape index (κ3) is 3.60. The summed E-state index contributed by atoms with van der Waals surface area (Å²) in [6, 6.07) is 2.96. The van der Waals surface area contributed by atoms with Crippen molar-refractivity contribution < 1.29 is 9.18 Å². The normalized spacial score (nSPS) is 12.0. The van der Waals surface area contributed by atoms with E-state index in [0.29, 0.717) is 17.0 Å². The molecule has 1 unspecified atom stereocenters. The summed E-state index contributed by atoms with van der Waals surface area (Å²) in [4.78, 5) is 15.9. The first-order valence-electron chi connectivity index (χ1n) is 7.02. The molecule has 7 heteroatoms. The van der Waals surface area contributed by atoms with Crippen molar-refractivity contribution in [3.05, 3.63) is 46.8 Å². The number of carbonyl (C=O) groups is 1. The van der Waals surface area contributed by atoms with Crippen molar-refractivity contribution in [2.75, 3.05) is 0 Å². The van der Waals surface area contributed by atoms with Crippen LogP contribution >= 0.6 is 0 Å². The highest BCUT2D eigenvalue weighted by Crippen LogP contribution is 2.19. The zero-order valence-corrected chi connectivity index (χ0v) is 13.1. The van der Waals surface area contributed by atoms with Gasteiger partial charge in [0.15, 0.2) is 0 Å². The molecule has 2 aromatic rings. The van der Waals surface area contributed by atoms with Crippen LogP contribution in [0.5, 0.6) is 0 Å². The summed E-state index contributed by atoms with van der Waals surface area (Å²) >= 11 is 0. The van der Waals surface area contributed by atoms with Crippen LogP contribution in [0.3, 0.4) is 0 Å². The van der Waals surface area contributed by atoms with Crippen LogP contribution < -0.4 is 10.6 Å². The Morgan fingerprint density at radius 3 is 2.55 bits per heavy atom. The first-order valence-corrected chi connectivity index (χ1v) is 7.02. The van der Waals surface area contributed by atoms with Crippen LogP contribution in [0.15, 0.2) is 18.5 Å². The Kier molecular flexibility index (Phi) is 4.75. The Morgan fingerprint density at radius 2 is 2.00 bits per heavy atom. The summed E-state index contributed by atoms with van der Waals surface area (Å²) in [7, 11) is 1.76. The van der Waals surface area contributed by atoms with Crippen LogP contribution in [0.1, 0.15) is 35.5 Å². The van der Waals surface area contributed by atoms with Gasteiger partial charge >= 0.3 is 6.03 Å². The van der Waals surface area contributed by atoms with Crippen LogP contribution in [0, 0.1) is 19.7 Å². The Labute approximate surface area is 128 Å². The molecule has 0 saturated heterocycles. The van der Waals surface area contributed by atoms with E-state index in [2.05, 4.69) is 20.7 Å². The molecule has 1 aromatic carbocycles. The second kappa shape index (κ2) is 6.55. The zero-order valence-electron chi connectivity index (χ0n) is 13.1. The molecule has 0 aliphatic heterocycles. The molecule has 0 aliphatic rings.